The zero-order chi connectivity index (χ0) is 23.8. The van der Waals surface area contributed by atoms with E-state index in [1.165, 1.54) is 12.3 Å². The predicted octanol–water partition coefficient (Wildman–Crippen LogP) is 4.16. The molecule has 1 amide bonds. The number of halogens is 3. The fraction of sp³-hybridized carbons (Fsp3) is 0.409. The second-order valence-corrected chi connectivity index (χ2v) is 9.54. The number of benzene rings is 1. The summed E-state index contributed by atoms with van der Waals surface area (Å²) < 4.78 is 53.0. The zero-order valence-corrected chi connectivity index (χ0v) is 18.6. The standard InChI is InChI=1S/C22H23F3N4O3S/c1-33(32)19-10-17-14(11-29(28-17)15-7-5-13(12-30)6-8-15)9-18(19)27-21(31)16-3-2-4-20(26-16)22(23,24)25/h2-4,9-11,13,15,30H,5-8,12H2,1H3,(H,27,31)/t13-,15-,33?. The highest BCUT2D eigenvalue weighted by atomic mass is 32.2. The first kappa shape index (κ1) is 23.5. The van der Waals surface area contributed by atoms with E-state index in [1.807, 2.05) is 10.9 Å². The topological polar surface area (TPSA) is 103 Å². The average molecular weight is 481 g/mol. The fourth-order valence-corrected chi connectivity index (χ4v) is 4.79. The summed E-state index contributed by atoms with van der Waals surface area (Å²) in [4.78, 5) is 16.4. The van der Waals surface area contributed by atoms with Crippen molar-refractivity contribution in [2.75, 3.05) is 18.2 Å². The number of alkyl halides is 3. The summed E-state index contributed by atoms with van der Waals surface area (Å²) in [5.74, 6) is -0.520. The third kappa shape index (κ3) is 5.15. The van der Waals surface area contributed by atoms with Gasteiger partial charge in [-0.05, 0) is 61.0 Å². The smallest absolute Gasteiger partial charge is 0.433 e. The van der Waals surface area contributed by atoms with E-state index in [0.717, 1.165) is 37.8 Å². The number of carbonyl (C=O) groups is 1. The van der Waals surface area contributed by atoms with Gasteiger partial charge in [0.15, 0.2) is 4.90 Å². The van der Waals surface area contributed by atoms with Crippen LogP contribution in [0.2, 0.25) is 0 Å². The molecule has 1 saturated carbocycles. The Kier molecular flexibility index (Phi) is 6.64. The van der Waals surface area contributed by atoms with Gasteiger partial charge in [-0.3, -0.25) is 9.48 Å². The van der Waals surface area contributed by atoms with Gasteiger partial charge in [0.25, 0.3) is 5.91 Å². The minimum absolute atomic E-state index is 0.183. The number of hydrogen-bond acceptors (Lipinski definition) is 5. The van der Waals surface area contributed by atoms with Gasteiger partial charge in [-0.2, -0.15) is 18.3 Å². The number of pyridine rings is 1. The molecule has 3 aromatic rings. The van der Waals surface area contributed by atoms with Crippen LogP contribution in [0.25, 0.3) is 10.9 Å². The number of nitrogens with one attached hydrogen (secondary N) is 1. The van der Waals surface area contributed by atoms with Crippen molar-refractivity contribution < 1.29 is 27.6 Å². The highest BCUT2D eigenvalue weighted by Gasteiger charge is 2.33. The normalized spacial score (nSPS) is 20.1. The number of carbonyl (C=O) groups excluding carboxylic acids is 1. The molecule has 1 aromatic carbocycles. The van der Waals surface area contributed by atoms with Gasteiger partial charge in [-0.25, -0.2) is 4.98 Å². The monoisotopic (exact) mass is 480 g/mol. The van der Waals surface area contributed by atoms with E-state index < -0.39 is 34.6 Å². The van der Waals surface area contributed by atoms with Crippen LogP contribution in [-0.2, 0) is 17.4 Å². The van der Waals surface area contributed by atoms with Crippen molar-refractivity contribution in [1.29, 1.82) is 0 Å². The predicted molar refractivity (Wildman–Crippen MR) is 117 cm³/mol. The Morgan fingerprint density at radius 1 is 1.27 bits per heavy atom. The van der Waals surface area contributed by atoms with Crippen LogP contribution in [0.1, 0.15) is 47.9 Å². The summed E-state index contributed by atoms with van der Waals surface area (Å²) >= 11 is -1.48. The molecule has 33 heavy (non-hydrogen) atoms. The fourth-order valence-electron chi connectivity index (χ4n) is 4.09. The highest BCUT2D eigenvalue weighted by molar-refractivity contribution is 7.90. The molecule has 0 spiro atoms. The summed E-state index contributed by atoms with van der Waals surface area (Å²) in [5.41, 5.74) is -0.716. The lowest BCUT2D eigenvalue weighted by atomic mass is 9.87. The van der Waals surface area contributed by atoms with Gasteiger partial charge >= 0.3 is 6.18 Å². The Morgan fingerprint density at radius 2 is 2.00 bits per heavy atom. The second kappa shape index (κ2) is 9.32. The lowest BCUT2D eigenvalue weighted by Crippen LogP contribution is -2.20. The maximum Gasteiger partial charge on any atom is 0.433 e. The Hall–Kier alpha value is -2.63. The maximum absolute atomic E-state index is 12.9. The molecule has 11 heteroatoms. The van der Waals surface area contributed by atoms with E-state index in [1.54, 1.807) is 12.1 Å². The third-order valence-electron chi connectivity index (χ3n) is 5.90. The molecule has 1 atom stereocenters. The third-order valence-corrected chi connectivity index (χ3v) is 6.86. The van der Waals surface area contributed by atoms with Crippen LogP contribution in [0.4, 0.5) is 18.9 Å². The number of aromatic nitrogens is 3. The zero-order valence-electron chi connectivity index (χ0n) is 17.8. The molecule has 0 bridgehead atoms. The summed E-state index contributed by atoms with van der Waals surface area (Å²) in [5, 5.41) is 17.2. The number of aliphatic hydroxyl groups excluding tert-OH is 1. The van der Waals surface area contributed by atoms with Crippen LogP contribution in [0.5, 0.6) is 0 Å². The largest absolute Gasteiger partial charge is 0.612 e. The molecule has 4 rings (SSSR count). The van der Waals surface area contributed by atoms with E-state index in [4.69, 9.17) is 0 Å². The first-order valence-corrected chi connectivity index (χ1v) is 12.0. The minimum Gasteiger partial charge on any atom is -0.612 e. The Morgan fingerprint density at radius 3 is 2.64 bits per heavy atom. The van der Waals surface area contributed by atoms with Crippen molar-refractivity contribution in [1.82, 2.24) is 14.8 Å². The van der Waals surface area contributed by atoms with E-state index in [-0.39, 0.29) is 18.3 Å². The second-order valence-electron chi connectivity index (χ2n) is 8.19. The molecule has 2 heterocycles. The highest BCUT2D eigenvalue weighted by Crippen LogP contribution is 2.34. The molecular weight excluding hydrogens is 457 g/mol. The van der Waals surface area contributed by atoms with E-state index >= 15 is 0 Å². The molecule has 7 nitrogen and oxygen atoms in total. The van der Waals surface area contributed by atoms with Crippen molar-refractivity contribution in [3.05, 3.63) is 47.9 Å². The van der Waals surface area contributed by atoms with Crippen LogP contribution in [0.3, 0.4) is 0 Å². The van der Waals surface area contributed by atoms with Gasteiger partial charge in [0.05, 0.1) is 17.2 Å². The van der Waals surface area contributed by atoms with E-state index in [0.29, 0.717) is 21.7 Å². The number of anilines is 1. The Bertz CT molecular complexity index is 1160. The van der Waals surface area contributed by atoms with Crippen LogP contribution < -0.4 is 5.32 Å². The molecule has 2 N–H and O–H groups in total. The van der Waals surface area contributed by atoms with Gasteiger partial charge in [-0.1, -0.05) is 6.07 Å². The van der Waals surface area contributed by atoms with Crippen LogP contribution in [0, 0.1) is 5.92 Å². The number of fused-ring (bicyclic) bond motifs is 1. The van der Waals surface area contributed by atoms with Crippen molar-refractivity contribution in [3.63, 3.8) is 0 Å². The molecule has 2 aromatic heterocycles. The number of aliphatic hydroxyl groups is 1. The van der Waals surface area contributed by atoms with Gasteiger partial charge in [0.1, 0.15) is 17.6 Å². The molecule has 1 unspecified atom stereocenters. The lowest BCUT2D eigenvalue weighted by Gasteiger charge is -2.27. The average Bonchev–Trinajstić information content (AvgIpc) is 3.21. The van der Waals surface area contributed by atoms with Gasteiger partial charge in [-0.15, -0.1) is 0 Å². The van der Waals surface area contributed by atoms with Gasteiger partial charge < -0.3 is 15.0 Å². The summed E-state index contributed by atoms with van der Waals surface area (Å²) in [6.45, 7) is 0.184. The summed E-state index contributed by atoms with van der Waals surface area (Å²) in [6, 6.07) is 6.52. The molecule has 1 aliphatic rings. The minimum atomic E-state index is -4.67. The molecule has 1 aliphatic carbocycles. The molecule has 176 valence electrons. The quantitative estimate of drug-likeness (QED) is 0.534. The number of rotatable bonds is 5. The van der Waals surface area contributed by atoms with E-state index in [2.05, 4.69) is 15.4 Å². The molecular formula is C22H23F3N4O3S. The van der Waals surface area contributed by atoms with Gasteiger partial charge in [0.2, 0.25) is 0 Å². The number of nitrogens with zero attached hydrogens (tertiary/aromatic N) is 3. The Labute approximate surface area is 191 Å². The molecule has 0 aliphatic heterocycles. The molecule has 0 saturated heterocycles. The Balaban J connectivity index is 1.62. The summed E-state index contributed by atoms with van der Waals surface area (Å²) in [7, 11) is 0. The van der Waals surface area contributed by atoms with E-state index in [9.17, 15) is 27.6 Å². The van der Waals surface area contributed by atoms with Gasteiger partial charge in [0, 0.05) is 24.3 Å². The number of amides is 1. The van der Waals surface area contributed by atoms with Crippen molar-refractivity contribution >= 4 is 33.7 Å². The van der Waals surface area contributed by atoms with Crippen molar-refractivity contribution in [2.24, 2.45) is 5.92 Å². The number of hydrogen-bond donors (Lipinski definition) is 2. The first-order valence-electron chi connectivity index (χ1n) is 10.5. The van der Waals surface area contributed by atoms with Crippen LogP contribution in [-0.4, -0.2) is 43.2 Å². The van der Waals surface area contributed by atoms with Crippen LogP contribution >= 0.6 is 0 Å². The van der Waals surface area contributed by atoms with Crippen molar-refractivity contribution in [2.45, 2.75) is 42.8 Å². The van der Waals surface area contributed by atoms with Crippen LogP contribution in [0.15, 0.2) is 41.4 Å². The van der Waals surface area contributed by atoms with Crippen molar-refractivity contribution in [3.8, 4) is 0 Å². The maximum atomic E-state index is 12.9. The first-order chi connectivity index (χ1) is 15.7. The molecule has 1 fully saturated rings. The lowest BCUT2D eigenvalue weighted by molar-refractivity contribution is -0.141. The SMILES string of the molecule is C[S+]([O-])c1cc2nn([C@H]3CC[C@H](CO)CC3)cc2cc1NC(=O)c1cccc(C(F)(F)F)n1. The summed E-state index contributed by atoms with van der Waals surface area (Å²) in [6.07, 6.45) is 2.22. The molecule has 0 radical (unpaired) electrons.